The van der Waals surface area contributed by atoms with Gasteiger partial charge in [-0.2, -0.15) is 9.37 Å². The van der Waals surface area contributed by atoms with E-state index < -0.39 is 5.95 Å². The topological polar surface area (TPSA) is 92.3 Å². The predicted molar refractivity (Wildman–Crippen MR) is 127 cm³/mol. The van der Waals surface area contributed by atoms with E-state index in [1.165, 1.54) is 0 Å². The molecule has 1 aliphatic heterocycles. The first-order chi connectivity index (χ1) is 16.6. The quantitative estimate of drug-likeness (QED) is 0.357. The number of carbonyl (C=O) groups excluding carboxylic acids is 1. The average Bonchev–Trinajstić information content (AvgIpc) is 2.84. The lowest BCUT2D eigenvalue weighted by Gasteiger charge is -2.26. The van der Waals surface area contributed by atoms with Gasteiger partial charge in [0.2, 0.25) is 17.7 Å². The number of nitrogens with zero attached hydrogens (tertiary/aromatic N) is 4. The molecule has 2 N–H and O–H groups in total. The van der Waals surface area contributed by atoms with Gasteiger partial charge in [0.05, 0.1) is 13.0 Å². The number of amides is 1. The van der Waals surface area contributed by atoms with Gasteiger partial charge in [0, 0.05) is 50.6 Å². The van der Waals surface area contributed by atoms with Gasteiger partial charge in [-0.3, -0.25) is 9.69 Å². The Balaban J connectivity index is 1.28. The zero-order valence-corrected chi connectivity index (χ0v) is 18.8. The van der Waals surface area contributed by atoms with Crippen molar-refractivity contribution in [2.24, 2.45) is 0 Å². The van der Waals surface area contributed by atoms with Gasteiger partial charge in [0.1, 0.15) is 20.3 Å². The van der Waals surface area contributed by atoms with Crippen LogP contribution in [0.15, 0.2) is 48.7 Å². The molecule has 0 atom stereocenters. The number of carbonyl (C=O) groups is 1. The van der Waals surface area contributed by atoms with E-state index in [2.05, 4.69) is 30.5 Å². The third-order valence-corrected chi connectivity index (χ3v) is 5.49. The Bertz CT molecular complexity index is 1110. The van der Waals surface area contributed by atoms with Crippen molar-refractivity contribution in [3.05, 3.63) is 66.0 Å². The van der Waals surface area contributed by atoms with E-state index in [0.717, 1.165) is 38.3 Å². The molecule has 0 saturated carbocycles. The summed E-state index contributed by atoms with van der Waals surface area (Å²) in [6.07, 6.45) is 1.73. The fraction of sp³-hybridized carbons (Fsp3) is 0.333. The molecule has 3 heterocycles. The zero-order chi connectivity index (χ0) is 23.8. The van der Waals surface area contributed by atoms with Gasteiger partial charge in [-0.05, 0) is 28.9 Å². The lowest BCUT2D eigenvalue weighted by atomic mass is 10.0. The van der Waals surface area contributed by atoms with Crippen molar-refractivity contribution >= 4 is 19.3 Å². The molecule has 8 nitrogen and oxygen atoms in total. The number of benzene rings is 1. The Morgan fingerprint density at radius 3 is 2.65 bits per heavy atom. The predicted octanol–water partition coefficient (Wildman–Crippen LogP) is 0.614. The maximum absolute atomic E-state index is 14.6. The molecule has 0 unspecified atom stereocenters. The van der Waals surface area contributed by atoms with Gasteiger partial charge in [0.25, 0.3) is 0 Å². The van der Waals surface area contributed by atoms with Crippen LogP contribution in [-0.2, 0) is 17.8 Å². The fourth-order valence-corrected chi connectivity index (χ4v) is 3.66. The monoisotopic (exact) mass is 460 g/mol. The number of hydrogen-bond acceptors (Lipinski definition) is 7. The second-order valence-electron chi connectivity index (χ2n) is 7.98. The van der Waals surface area contributed by atoms with Crippen LogP contribution in [0.2, 0.25) is 0 Å². The molecular weight excluding hydrogens is 434 g/mol. The summed E-state index contributed by atoms with van der Waals surface area (Å²) in [5.74, 6) is -0.0436. The van der Waals surface area contributed by atoms with E-state index in [1.54, 1.807) is 48.7 Å². The average molecular weight is 460 g/mol. The highest BCUT2D eigenvalue weighted by Crippen LogP contribution is 2.24. The van der Waals surface area contributed by atoms with E-state index in [9.17, 15) is 9.18 Å². The Hall–Kier alpha value is -3.37. The number of piperazine rings is 1. The Morgan fingerprint density at radius 2 is 1.91 bits per heavy atom. The molecule has 1 amide bonds. The molecule has 34 heavy (non-hydrogen) atoms. The lowest BCUT2D eigenvalue weighted by molar-refractivity contribution is -0.120. The molecule has 2 aromatic heterocycles. The van der Waals surface area contributed by atoms with Crippen LogP contribution in [0.25, 0.3) is 11.1 Å². The summed E-state index contributed by atoms with van der Waals surface area (Å²) in [5, 5.41) is 6.07. The number of rotatable bonds is 9. The number of halogens is 1. The van der Waals surface area contributed by atoms with E-state index in [1.807, 2.05) is 0 Å². The van der Waals surface area contributed by atoms with Gasteiger partial charge in [-0.15, -0.1) is 0 Å². The first-order valence-corrected chi connectivity index (χ1v) is 11.2. The van der Waals surface area contributed by atoms with Gasteiger partial charge in [-0.1, -0.05) is 24.3 Å². The number of ether oxygens (including phenoxy) is 1. The Labute approximate surface area is 199 Å². The van der Waals surface area contributed by atoms with Crippen LogP contribution in [0.5, 0.6) is 5.88 Å². The largest absolute Gasteiger partial charge is 0.476 e. The second-order valence-corrected chi connectivity index (χ2v) is 7.98. The van der Waals surface area contributed by atoms with Crippen molar-refractivity contribution in [2.75, 3.05) is 39.3 Å². The Morgan fingerprint density at radius 1 is 1.12 bits per heavy atom. The standard InChI is InChI=1S/C24H26BFN6O2/c25-20-7-8-28-21(30-20)16-29-22(33)15-17-1-3-18(4-2-17)19-5-6-23(31-24(19)26)34-14-13-32-11-9-27-10-12-32/h1-8,27H,9-16H2,(H,29,33). The molecule has 10 heteroatoms. The van der Waals surface area contributed by atoms with E-state index in [4.69, 9.17) is 12.6 Å². The molecule has 1 saturated heterocycles. The minimum Gasteiger partial charge on any atom is -0.476 e. The fourth-order valence-electron chi connectivity index (χ4n) is 3.66. The summed E-state index contributed by atoms with van der Waals surface area (Å²) in [7, 11) is 5.61. The van der Waals surface area contributed by atoms with E-state index >= 15 is 0 Å². The molecule has 1 fully saturated rings. The minimum atomic E-state index is -0.590. The van der Waals surface area contributed by atoms with Gasteiger partial charge < -0.3 is 15.4 Å². The van der Waals surface area contributed by atoms with Crippen LogP contribution in [-0.4, -0.2) is 72.9 Å². The van der Waals surface area contributed by atoms with Crippen LogP contribution >= 0.6 is 0 Å². The molecule has 0 bridgehead atoms. The summed E-state index contributed by atoms with van der Waals surface area (Å²) in [4.78, 5) is 26.6. The summed E-state index contributed by atoms with van der Waals surface area (Å²) >= 11 is 0. The van der Waals surface area contributed by atoms with E-state index in [-0.39, 0.29) is 24.8 Å². The first-order valence-electron chi connectivity index (χ1n) is 11.2. The van der Waals surface area contributed by atoms with Crippen molar-refractivity contribution in [3.63, 3.8) is 0 Å². The number of nitrogens with one attached hydrogen (secondary N) is 2. The highest BCUT2D eigenvalue weighted by Gasteiger charge is 2.12. The number of hydrogen-bond donors (Lipinski definition) is 2. The zero-order valence-electron chi connectivity index (χ0n) is 18.8. The third kappa shape index (κ3) is 6.82. The summed E-state index contributed by atoms with van der Waals surface area (Å²) in [6, 6.07) is 12.1. The molecule has 0 aliphatic carbocycles. The van der Waals surface area contributed by atoms with Gasteiger partial charge in [0.15, 0.2) is 0 Å². The second kappa shape index (κ2) is 11.7. The third-order valence-electron chi connectivity index (χ3n) is 5.49. The number of pyridine rings is 1. The lowest BCUT2D eigenvalue weighted by Crippen LogP contribution is -2.44. The molecule has 2 radical (unpaired) electrons. The molecular formula is C24H26BFN6O2. The van der Waals surface area contributed by atoms with Crippen LogP contribution in [0, 0.1) is 5.95 Å². The van der Waals surface area contributed by atoms with Crippen LogP contribution in [0.1, 0.15) is 11.4 Å². The van der Waals surface area contributed by atoms with Crippen molar-refractivity contribution in [3.8, 4) is 17.0 Å². The highest BCUT2D eigenvalue weighted by atomic mass is 19.1. The van der Waals surface area contributed by atoms with Crippen LogP contribution in [0.3, 0.4) is 0 Å². The van der Waals surface area contributed by atoms with Crippen molar-refractivity contribution in [2.45, 2.75) is 13.0 Å². The minimum absolute atomic E-state index is 0.172. The summed E-state index contributed by atoms with van der Waals surface area (Å²) in [5.41, 5.74) is 2.21. The highest BCUT2D eigenvalue weighted by molar-refractivity contribution is 6.30. The van der Waals surface area contributed by atoms with Crippen molar-refractivity contribution in [1.29, 1.82) is 0 Å². The Kier molecular flexibility index (Phi) is 8.16. The van der Waals surface area contributed by atoms with Gasteiger partial charge >= 0.3 is 0 Å². The molecule has 1 aliphatic rings. The molecule has 3 aromatic rings. The van der Waals surface area contributed by atoms with E-state index in [0.29, 0.717) is 29.2 Å². The molecule has 4 rings (SSSR count). The number of aromatic nitrogens is 3. The summed E-state index contributed by atoms with van der Waals surface area (Å²) < 4.78 is 20.3. The molecule has 1 aromatic carbocycles. The van der Waals surface area contributed by atoms with Crippen LogP contribution < -0.4 is 21.0 Å². The first kappa shape index (κ1) is 23.8. The maximum atomic E-state index is 14.6. The normalized spacial score (nSPS) is 14.0. The maximum Gasteiger partial charge on any atom is 0.224 e. The van der Waals surface area contributed by atoms with Crippen molar-refractivity contribution < 1.29 is 13.9 Å². The molecule has 174 valence electrons. The van der Waals surface area contributed by atoms with Crippen molar-refractivity contribution in [1.82, 2.24) is 30.5 Å². The molecule has 0 spiro atoms. The van der Waals surface area contributed by atoms with Gasteiger partial charge in [-0.25, -0.2) is 9.97 Å². The SMILES string of the molecule is [B]c1ccnc(CNC(=O)Cc2ccc(-c3ccc(OCCN4CCNCC4)nc3F)cc2)n1. The smallest absolute Gasteiger partial charge is 0.224 e. The van der Waals surface area contributed by atoms with Crippen LogP contribution in [0.4, 0.5) is 4.39 Å². The summed E-state index contributed by atoms with van der Waals surface area (Å²) in [6.45, 7) is 5.37.